The number of carbonyl (C=O) groups is 1. The number of furan rings is 1. The molecule has 4 rings (SSSR count). The van der Waals surface area contributed by atoms with Crippen molar-refractivity contribution in [3.8, 4) is 5.75 Å². The molecule has 0 saturated heterocycles. The Morgan fingerprint density at radius 1 is 1.15 bits per heavy atom. The second-order valence-corrected chi connectivity index (χ2v) is 6.62. The van der Waals surface area contributed by atoms with Crippen LogP contribution >= 0.6 is 0 Å². The molecule has 3 N–H and O–H groups in total. The number of carbonyl (C=O) groups excluding carboxylic acids is 1. The van der Waals surface area contributed by atoms with Crippen LogP contribution in [0.1, 0.15) is 23.1 Å². The van der Waals surface area contributed by atoms with Gasteiger partial charge in [-0.3, -0.25) is 4.79 Å². The Hall–Kier alpha value is -2.79. The lowest BCUT2D eigenvalue weighted by Crippen LogP contribution is -2.14. The van der Waals surface area contributed by atoms with Crippen LogP contribution in [0.4, 0.5) is 5.69 Å². The number of hydrogen-bond donors (Lipinski definition) is 2. The summed E-state index contributed by atoms with van der Waals surface area (Å²) in [7, 11) is 0. The number of rotatable bonds is 6. The van der Waals surface area contributed by atoms with Gasteiger partial charge in [0.1, 0.15) is 17.9 Å². The van der Waals surface area contributed by atoms with E-state index in [2.05, 4.69) is 17.4 Å². The van der Waals surface area contributed by atoms with E-state index in [1.54, 1.807) is 6.26 Å². The topological polar surface area (TPSA) is 77.5 Å². The van der Waals surface area contributed by atoms with Crippen molar-refractivity contribution in [1.82, 2.24) is 0 Å². The molecule has 0 fully saturated rings. The lowest BCUT2D eigenvalue weighted by Gasteiger charge is -2.07. The Labute approximate surface area is 152 Å². The van der Waals surface area contributed by atoms with Crippen LogP contribution in [0.15, 0.2) is 47.1 Å². The molecule has 26 heavy (non-hydrogen) atoms. The zero-order chi connectivity index (χ0) is 17.9. The van der Waals surface area contributed by atoms with Crippen LogP contribution in [0.2, 0.25) is 0 Å². The predicted molar refractivity (Wildman–Crippen MR) is 102 cm³/mol. The average molecular weight is 350 g/mol. The first-order valence-electron chi connectivity index (χ1n) is 8.97. The van der Waals surface area contributed by atoms with Gasteiger partial charge in [0.05, 0.1) is 12.7 Å². The maximum absolute atomic E-state index is 12.4. The molecule has 0 radical (unpaired) electrons. The fourth-order valence-electron chi connectivity index (χ4n) is 3.47. The summed E-state index contributed by atoms with van der Waals surface area (Å²) in [5.41, 5.74) is 10.7. The number of amides is 1. The Balaban J connectivity index is 1.44. The van der Waals surface area contributed by atoms with Crippen molar-refractivity contribution in [3.63, 3.8) is 0 Å². The molecule has 2 aromatic carbocycles. The van der Waals surface area contributed by atoms with Crippen molar-refractivity contribution in [2.75, 3.05) is 18.5 Å². The molecular weight excluding hydrogens is 328 g/mol. The first kappa shape index (κ1) is 16.7. The highest BCUT2D eigenvalue weighted by molar-refractivity contribution is 5.95. The monoisotopic (exact) mass is 350 g/mol. The van der Waals surface area contributed by atoms with Gasteiger partial charge in [0.25, 0.3) is 0 Å². The van der Waals surface area contributed by atoms with Gasteiger partial charge in [-0.15, -0.1) is 0 Å². The Bertz CT molecular complexity index is 928. The van der Waals surface area contributed by atoms with E-state index < -0.39 is 0 Å². The van der Waals surface area contributed by atoms with Gasteiger partial charge >= 0.3 is 0 Å². The molecule has 0 spiro atoms. The highest BCUT2D eigenvalue weighted by Gasteiger charge is 2.16. The summed E-state index contributed by atoms with van der Waals surface area (Å²) in [5.74, 6) is 0.673. The summed E-state index contributed by atoms with van der Waals surface area (Å²) in [5, 5.41) is 3.97. The number of anilines is 1. The molecule has 1 heterocycles. The molecule has 1 aliphatic rings. The van der Waals surface area contributed by atoms with E-state index in [0.29, 0.717) is 13.2 Å². The molecule has 5 heteroatoms. The highest BCUT2D eigenvalue weighted by atomic mass is 16.5. The van der Waals surface area contributed by atoms with Gasteiger partial charge in [0.2, 0.25) is 5.91 Å². The predicted octanol–water partition coefficient (Wildman–Crippen LogP) is 3.44. The van der Waals surface area contributed by atoms with E-state index in [9.17, 15) is 4.79 Å². The first-order valence-corrected chi connectivity index (χ1v) is 8.97. The van der Waals surface area contributed by atoms with Crippen molar-refractivity contribution in [1.29, 1.82) is 0 Å². The summed E-state index contributed by atoms with van der Waals surface area (Å²) in [4.78, 5) is 12.4. The Morgan fingerprint density at radius 2 is 1.92 bits per heavy atom. The van der Waals surface area contributed by atoms with Gasteiger partial charge in [-0.25, -0.2) is 0 Å². The van der Waals surface area contributed by atoms with E-state index in [1.165, 1.54) is 17.5 Å². The standard InChI is InChI=1S/C21H22N2O3/c22-8-9-25-18-6-4-17(5-7-18)23-21(24)12-16-13-26-20-11-15-3-1-2-14(15)10-19(16)20/h4-7,10-11,13H,1-3,8-9,12,22H2,(H,23,24). The Kier molecular flexibility index (Phi) is 4.63. The Morgan fingerprint density at radius 3 is 2.69 bits per heavy atom. The number of nitrogens with two attached hydrogens (primary N) is 1. The van der Waals surface area contributed by atoms with E-state index in [1.807, 2.05) is 24.3 Å². The number of hydrogen-bond acceptors (Lipinski definition) is 4. The summed E-state index contributed by atoms with van der Waals surface area (Å²) < 4.78 is 11.1. The normalized spacial score (nSPS) is 13.0. The lowest BCUT2D eigenvalue weighted by molar-refractivity contribution is -0.115. The van der Waals surface area contributed by atoms with Crippen molar-refractivity contribution in [2.24, 2.45) is 5.73 Å². The third kappa shape index (κ3) is 3.44. The molecule has 0 unspecified atom stereocenters. The van der Waals surface area contributed by atoms with Crippen molar-refractivity contribution in [3.05, 3.63) is 59.4 Å². The summed E-state index contributed by atoms with van der Waals surface area (Å²) >= 11 is 0. The maximum atomic E-state index is 12.4. The van der Waals surface area contributed by atoms with Gasteiger partial charge in [0.15, 0.2) is 0 Å². The summed E-state index contributed by atoms with van der Waals surface area (Å²) in [6.45, 7) is 0.948. The van der Waals surface area contributed by atoms with Crippen LogP contribution in [0, 0.1) is 0 Å². The molecular formula is C21H22N2O3. The van der Waals surface area contributed by atoms with E-state index in [4.69, 9.17) is 14.9 Å². The number of benzene rings is 2. The van der Waals surface area contributed by atoms with Gasteiger partial charge < -0.3 is 20.2 Å². The molecule has 0 atom stereocenters. The SMILES string of the molecule is NCCOc1ccc(NC(=O)Cc2coc3cc4c(cc23)CCC4)cc1. The lowest BCUT2D eigenvalue weighted by atomic mass is 10.0. The molecule has 1 aliphatic carbocycles. The third-order valence-electron chi connectivity index (χ3n) is 4.74. The minimum atomic E-state index is -0.0659. The summed E-state index contributed by atoms with van der Waals surface area (Å²) in [6, 6.07) is 11.6. The average Bonchev–Trinajstić information content (AvgIpc) is 3.26. The number of fused-ring (bicyclic) bond motifs is 2. The second kappa shape index (κ2) is 7.22. The fourth-order valence-corrected chi connectivity index (χ4v) is 3.47. The van der Waals surface area contributed by atoms with Gasteiger partial charge in [-0.1, -0.05) is 0 Å². The number of ether oxygens (including phenoxy) is 1. The zero-order valence-electron chi connectivity index (χ0n) is 14.6. The molecule has 1 amide bonds. The number of aryl methyl sites for hydroxylation is 2. The van der Waals surface area contributed by atoms with Crippen LogP contribution in [0.3, 0.4) is 0 Å². The quantitative estimate of drug-likeness (QED) is 0.714. The minimum absolute atomic E-state index is 0.0659. The summed E-state index contributed by atoms with van der Waals surface area (Å²) in [6.07, 6.45) is 5.41. The van der Waals surface area contributed by atoms with Gasteiger partial charge in [-0.2, -0.15) is 0 Å². The number of nitrogens with one attached hydrogen (secondary N) is 1. The molecule has 0 aliphatic heterocycles. The molecule has 5 nitrogen and oxygen atoms in total. The fraction of sp³-hybridized carbons (Fsp3) is 0.286. The largest absolute Gasteiger partial charge is 0.492 e. The highest BCUT2D eigenvalue weighted by Crippen LogP contribution is 2.30. The minimum Gasteiger partial charge on any atom is -0.492 e. The van der Waals surface area contributed by atoms with Crippen molar-refractivity contribution in [2.45, 2.75) is 25.7 Å². The smallest absolute Gasteiger partial charge is 0.228 e. The molecule has 0 saturated carbocycles. The van der Waals surface area contributed by atoms with Crippen molar-refractivity contribution >= 4 is 22.6 Å². The zero-order valence-corrected chi connectivity index (χ0v) is 14.6. The molecule has 3 aromatic rings. The van der Waals surface area contributed by atoms with Gasteiger partial charge in [-0.05, 0) is 66.8 Å². The molecule has 1 aromatic heterocycles. The van der Waals surface area contributed by atoms with E-state index in [-0.39, 0.29) is 12.3 Å². The van der Waals surface area contributed by atoms with Crippen LogP contribution in [0.5, 0.6) is 5.75 Å². The first-order chi connectivity index (χ1) is 12.7. The molecule has 134 valence electrons. The molecule has 0 bridgehead atoms. The van der Waals surface area contributed by atoms with Crippen LogP contribution in [-0.4, -0.2) is 19.1 Å². The second-order valence-electron chi connectivity index (χ2n) is 6.62. The third-order valence-corrected chi connectivity index (χ3v) is 4.74. The maximum Gasteiger partial charge on any atom is 0.228 e. The van der Waals surface area contributed by atoms with Crippen LogP contribution in [0.25, 0.3) is 11.0 Å². The van der Waals surface area contributed by atoms with E-state index in [0.717, 1.165) is 40.8 Å². The van der Waals surface area contributed by atoms with E-state index >= 15 is 0 Å². The van der Waals surface area contributed by atoms with Crippen LogP contribution in [-0.2, 0) is 24.1 Å². The van der Waals surface area contributed by atoms with Crippen molar-refractivity contribution < 1.29 is 13.9 Å². The van der Waals surface area contributed by atoms with Gasteiger partial charge in [0, 0.05) is 23.2 Å². The van der Waals surface area contributed by atoms with Crippen LogP contribution < -0.4 is 15.8 Å².